The molecule has 0 atom stereocenters. The van der Waals surface area contributed by atoms with E-state index in [0.717, 1.165) is 10.9 Å². The molecule has 0 aliphatic heterocycles. The molecule has 1 N–H and O–H groups in total. The maximum atomic E-state index is 11.8. The number of Topliss-reactive ketones (excluding diaryl/α,β-unsaturated/α-hetero) is 1. The van der Waals surface area contributed by atoms with Crippen molar-refractivity contribution in [2.24, 2.45) is 0 Å². The van der Waals surface area contributed by atoms with E-state index in [9.17, 15) is 9.90 Å². The van der Waals surface area contributed by atoms with Crippen molar-refractivity contribution in [2.45, 2.75) is 19.4 Å². The molecule has 0 amide bonds. The van der Waals surface area contributed by atoms with Gasteiger partial charge in [0.05, 0.1) is 5.52 Å². The van der Waals surface area contributed by atoms with Gasteiger partial charge in [-0.3, -0.25) is 9.78 Å². The Morgan fingerprint density at radius 2 is 2.06 bits per heavy atom. The number of carbonyl (C=O) groups excluding carboxylic acids is 1. The smallest absolute Gasteiger partial charge is 0.193 e. The topological polar surface area (TPSA) is 50.2 Å². The van der Waals surface area contributed by atoms with Crippen molar-refractivity contribution in [1.82, 2.24) is 4.98 Å². The van der Waals surface area contributed by atoms with Crippen LogP contribution in [0.15, 0.2) is 36.5 Å². The Kier molecular flexibility index (Phi) is 2.48. The summed E-state index contributed by atoms with van der Waals surface area (Å²) in [5, 5.41) is 10.5. The average Bonchev–Trinajstić information content (AvgIpc) is 2.26. The van der Waals surface area contributed by atoms with Crippen LogP contribution < -0.4 is 0 Å². The van der Waals surface area contributed by atoms with Crippen LogP contribution >= 0.6 is 0 Å². The molecule has 82 valence electrons. The zero-order valence-electron chi connectivity index (χ0n) is 9.27. The highest BCUT2D eigenvalue weighted by atomic mass is 16.3. The van der Waals surface area contributed by atoms with Gasteiger partial charge >= 0.3 is 0 Å². The number of benzene rings is 1. The number of nitrogens with zero attached hydrogens (tertiary/aromatic N) is 1. The molecule has 2 aromatic rings. The Balaban J connectivity index is 2.52. The van der Waals surface area contributed by atoms with Crippen LogP contribution in [-0.2, 0) is 0 Å². The predicted molar refractivity (Wildman–Crippen MR) is 62.4 cm³/mol. The third-order valence-electron chi connectivity index (χ3n) is 2.42. The van der Waals surface area contributed by atoms with Gasteiger partial charge in [-0.15, -0.1) is 0 Å². The third-order valence-corrected chi connectivity index (χ3v) is 2.42. The van der Waals surface area contributed by atoms with Crippen molar-refractivity contribution in [3.05, 3.63) is 42.1 Å². The molecule has 0 saturated carbocycles. The fourth-order valence-electron chi connectivity index (χ4n) is 1.57. The fraction of sp³-hybridized carbons (Fsp3) is 0.231. The van der Waals surface area contributed by atoms with Crippen LogP contribution in [0.1, 0.15) is 24.2 Å². The quantitative estimate of drug-likeness (QED) is 0.781. The number of aromatic nitrogens is 1. The minimum absolute atomic E-state index is 0.279. The van der Waals surface area contributed by atoms with Gasteiger partial charge in [-0.2, -0.15) is 0 Å². The largest absolute Gasteiger partial charge is 0.382 e. The number of ketones is 1. The minimum atomic E-state index is -1.34. The second kappa shape index (κ2) is 3.68. The molecule has 3 heteroatoms. The van der Waals surface area contributed by atoms with Crippen molar-refractivity contribution >= 4 is 16.7 Å². The molecule has 3 nitrogen and oxygen atoms in total. The highest BCUT2D eigenvalue weighted by Crippen LogP contribution is 2.17. The number of rotatable bonds is 2. The predicted octanol–water partition coefficient (Wildman–Crippen LogP) is 2.19. The van der Waals surface area contributed by atoms with Crippen molar-refractivity contribution < 1.29 is 9.90 Å². The normalized spacial score (nSPS) is 11.7. The van der Waals surface area contributed by atoms with Gasteiger partial charge in [0.15, 0.2) is 5.78 Å². The Morgan fingerprint density at radius 3 is 2.75 bits per heavy atom. The molecule has 1 aromatic heterocycles. The van der Waals surface area contributed by atoms with Gasteiger partial charge in [-0.25, -0.2) is 0 Å². The summed E-state index contributed by atoms with van der Waals surface area (Å²) < 4.78 is 0. The van der Waals surface area contributed by atoms with Crippen LogP contribution in [0.3, 0.4) is 0 Å². The summed E-state index contributed by atoms with van der Waals surface area (Å²) in [5.74, 6) is -0.279. The second-order valence-electron chi connectivity index (χ2n) is 4.30. The van der Waals surface area contributed by atoms with Crippen LogP contribution in [0.5, 0.6) is 0 Å². The first-order chi connectivity index (χ1) is 7.48. The highest BCUT2D eigenvalue weighted by Gasteiger charge is 2.25. The number of aliphatic hydroxyl groups is 1. The number of fused-ring (bicyclic) bond motifs is 1. The van der Waals surface area contributed by atoms with E-state index >= 15 is 0 Å². The van der Waals surface area contributed by atoms with Crippen molar-refractivity contribution in [3.63, 3.8) is 0 Å². The van der Waals surface area contributed by atoms with Gasteiger partial charge < -0.3 is 5.11 Å². The van der Waals surface area contributed by atoms with Gasteiger partial charge in [0, 0.05) is 17.1 Å². The van der Waals surface area contributed by atoms with E-state index < -0.39 is 5.60 Å². The Labute approximate surface area is 93.7 Å². The SMILES string of the molecule is CC(C)(O)C(=O)c1ccc2ncccc2c1. The molecular weight excluding hydrogens is 202 g/mol. The molecule has 0 aliphatic rings. The van der Waals surface area contributed by atoms with Crippen molar-refractivity contribution in [3.8, 4) is 0 Å². The maximum absolute atomic E-state index is 11.8. The Bertz CT molecular complexity index is 541. The second-order valence-corrected chi connectivity index (χ2v) is 4.30. The first kappa shape index (κ1) is 10.8. The summed E-state index contributed by atoms with van der Waals surface area (Å²) in [4.78, 5) is 16.0. The van der Waals surface area contributed by atoms with Gasteiger partial charge in [-0.05, 0) is 38.1 Å². The molecule has 0 aliphatic carbocycles. The van der Waals surface area contributed by atoms with E-state index in [0.29, 0.717) is 5.56 Å². The molecule has 0 unspecified atom stereocenters. The molecule has 0 bridgehead atoms. The van der Waals surface area contributed by atoms with Gasteiger partial charge in [-0.1, -0.05) is 6.07 Å². The maximum Gasteiger partial charge on any atom is 0.193 e. The van der Waals surface area contributed by atoms with Crippen molar-refractivity contribution in [1.29, 1.82) is 0 Å². The lowest BCUT2D eigenvalue weighted by molar-refractivity contribution is 0.0488. The van der Waals surface area contributed by atoms with E-state index in [2.05, 4.69) is 4.98 Å². The number of carbonyl (C=O) groups is 1. The van der Waals surface area contributed by atoms with E-state index in [1.165, 1.54) is 13.8 Å². The number of hydrogen-bond donors (Lipinski definition) is 1. The molecule has 16 heavy (non-hydrogen) atoms. The molecule has 1 heterocycles. The number of pyridine rings is 1. The highest BCUT2D eigenvalue weighted by molar-refractivity contribution is 6.04. The lowest BCUT2D eigenvalue weighted by atomic mass is 9.96. The first-order valence-corrected chi connectivity index (χ1v) is 5.10. The molecule has 0 spiro atoms. The molecular formula is C13H13NO2. The van der Waals surface area contributed by atoms with E-state index in [-0.39, 0.29) is 5.78 Å². The van der Waals surface area contributed by atoms with Crippen LogP contribution in [-0.4, -0.2) is 21.5 Å². The average molecular weight is 215 g/mol. The summed E-state index contributed by atoms with van der Waals surface area (Å²) in [5.41, 5.74) is 0.0124. The Morgan fingerprint density at radius 1 is 1.31 bits per heavy atom. The fourth-order valence-corrected chi connectivity index (χ4v) is 1.57. The van der Waals surface area contributed by atoms with Crippen LogP contribution in [0.4, 0.5) is 0 Å². The summed E-state index contributed by atoms with van der Waals surface area (Å²) in [6, 6.07) is 8.94. The van der Waals surface area contributed by atoms with Crippen LogP contribution in [0, 0.1) is 0 Å². The molecule has 0 fully saturated rings. The molecule has 0 radical (unpaired) electrons. The summed E-state index contributed by atoms with van der Waals surface area (Å²) >= 11 is 0. The van der Waals surface area contributed by atoms with E-state index in [4.69, 9.17) is 0 Å². The summed E-state index contributed by atoms with van der Waals surface area (Å²) in [7, 11) is 0. The zero-order valence-corrected chi connectivity index (χ0v) is 9.27. The van der Waals surface area contributed by atoms with Crippen LogP contribution in [0.25, 0.3) is 10.9 Å². The van der Waals surface area contributed by atoms with Gasteiger partial charge in [0.25, 0.3) is 0 Å². The Hall–Kier alpha value is -1.74. The lowest BCUT2D eigenvalue weighted by Crippen LogP contribution is -2.31. The molecule has 1 aromatic carbocycles. The van der Waals surface area contributed by atoms with Gasteiger partial charge in [0.2, 0.25) is 0 Å². The number of hydrogen-bond acceptors (Lipinski definition) is 3. The van der Waals surface area contributed by atoms with E-state index in [1.54, 1.807) is 24.4 Å². The molecule has 0 saturated heterocycles. The molecule has 2 rings (SSSR count). The zero-order chi connectivity index (χ0) is 11.8. The van der Waals surface area contributed by atoms with Gasteiger partial charge in [0.1, 0.15) is 5.60 Å². The van der Waals surface area contributed by atoms with E-state index in [1.807, 2.05) is 12.1 Å². The minimum Gasteiger partial charge on any atom is -0.382 e. The first-order valence-electron chi connectivity index (χ1n) is 5.10. The summed E-state index contributed by atoms with van der Waals surface area (Å²) in [6.45, 7) is 2.98. The summed E-state index contributed by atoms with van der Waals surface area (Å²) in [6.07, 6.45) is 1.71. The lowest BCUT2D eigenvalue weighted by Gasteiger charge is -2.15. The standard InChI is InChI=1S/C13H13NO2/c1-13(2,16)12(15)10-5-6-11-9(8-10)4-3-7-14-11/h3-8,16H,1-2H3. The van der Waals surface area contributed by atoms with Crippen LogP contribution in [0.2, 0.25) is 0 Å². The van der Waals surface area contributed by atoms with Crippen molar-refractivity contribution in [2.75, 3.05) is 0 Å². The monoisotopic (exact) mass is 215 g/mol. The third kappa shape index (κ3) is 1.95.